The number of benzene rings is 1. The summed E-state index contributed by atoms with van der Waals surface area (Å²) in [6, 6.07) is 8.64. The zero-order chi connectivity index (χ0) is 19.8. The van der Waals surface area contributed by atoms with E-state index in [-0.39, 0.29) is 0 Å². The van der Waals surface area contributed by atoms with Gasteiger partial charge >= 0.3 is 0 Å². The van der Waals surface area contributed by atoms with Gasteiger partial charge in [-0.25, -0.2) is 4.98 Å². The number of guanidine groups is 1. The minimum absolute atomic E-state index is 0.484. The van der Waals surface area contributed by atoms with Gasteiger partial charge < -0.3 is 20.4 Å². The fraction of sp³-hybridized carbons (Fsp3) is 0.619. The molecule has 0 saturated carbocycles. The lowest BCUT2D eigenvalue weighted by atomic mass is 10.0. The molecule has 7 nitrogen and oxygen atoms in total. The van der Waals surface area contributed by atoms with E-state index >= 15 is 0 Å². The monoisotopic (exact) mass is 386 g/mol. The van der Waals surface area contributed by atoms with E-state index in [1.54, 1.807) is 0 Å². The van der Waals surface area contributed by atoms with Crippen LogP contribution in [0.5, 0.6) is 0 Å². The number of aromatic amines is 1. The maximum absolute atomic E-state index is 5.49. The molecule has 1 saturated heterocycles. The van der Waals surface area contributed by atoms with Gasteiger partial charge in [0.25, 0.3) is 0 Å². The number of fused-ring (bicyclic) bond motifs is 1. The lowest BCUT2D eigenvalue weighted by Gasteiger charge is -2.37. The van der Waals surface area contributed by atoms with Gasteiger partial charge in [0.15, 0.2) is 5.96 Å². The van der Waals surface area contributed by atoms with Crippen molar-refractivity contribution in [3.05, 3.63) is 30.1 Å². The molecule has 2 heterocycles. The van der Waals surface area contributed by atoms with Crippen LogP contribution in [0.3, 0.4) is 0 Å². The summed E-state index contributed by atoms with van der Waals surface area (Å²) in [5, 5.41) is 6.93. The molecule has 1 unspecified atom stereocenters. The molecule has 154 valence electrons. The van der Waals surface area contributed by atoms with Crippen LogP contribution in [0, 0.1) is 5.92 Å². The van der Waals surface area contributed by atoms with Gasteiger partial charge in [0.05, 0.1) is 24.2 Å². The van der Waals surface area contributed by atoms with Crippen LogP contribution >= 0.6 is 0 Å². The Morgan fingerprint density at radius 1 is 1.25 bits per heavy atom. The van der Waals surface area contributed by atoms with Gasteiger partial charge in [-0.3, -0.25) is 9.89 Å². The molecule has 7 heteroatoms. The predicted molar refractivity (Wildman–Crippen MR) is 115 cm³/mol. The van der Waals surface area contributed by atoms with Gasteiger partial charge in [0, 0.05) is 45.7 Å². The van der Waals surface area contributed by atoms with Gasteiger partial charge in [-0.2, -0.15) is 0 Å². The molecule has 1 aromatic heterocycles. The summed E-state index contributed by atoms with van der Waals surface area (Å²) >= 11 is 0. The number of morpholine rings is 1. The van der Waals surface area contributed by atoms with E-state index in [1.165, 1.54) is 0 Å². The Morgan fingerprint density at radius 2 is 2.04 bits per heavy atom. The molecular formula is C21H34N6O. The quantitative estimate of drug-likeness (QED) is 0.368. The van der Waals surface area contributed by atoms with Crippen LogP contribution in [0.25, 0.3) is 11.0 Å². The fourth-order valence-electron chi connectivity index (χ4n) is 3.70. The summed E-state index contributed by atoms with van der Waals surface area (Å²) in [4.78, 5) is 14.9. The number of H-pyrrole nitrogens is 1. The van der Waals surface area contributed by atoms with Crippen molar-refractivity contribution in [1.82, 2.24) is 25.5 Å². The van der Waals surface area contributed by atoms with Gasteiger partial charge in [0.1, 0.15) is 5.82 Å². The third-order valence-corrected chi connectivity index (χ3v) is 5.31. The lowest BCUT2D eigenvalue weighted by molar-refractivity contribution is 0.00752. The van der Waals surface area contributed by atoms with Crippen LogP contribution in [0.15, 0.2) is 29.3 Å². The Bertz CT molecular complexity index is 717. The van der Waals surface area contributed by atoms with Crippen LogP contribution < -0.4 is 10.6 Å². The van der Waals surface area contributed by atoms with Crippen LogP contribution in [0.4, 0.5) is 0 Å². The molecule has 1 aliphatic rings. The number of hydrogen-bond donors (Lipinski definition) is 3. The lowest BCUT2D eigenvalue weighted by Crippen LogP contribution is -2.52. The predicted octanol–water partition coefficient (Wildman–Crippen LogP) is 2.02. The van der Waals surface area contributed by atoms with E-state index in [9.17, 15) is 0 Å². The molecule has 1 fully saturated rings. The summed E-state index contributed by atoms with van der Waals surface area (Å²) in [6.07, 6.45) is 1.92. The Kier molecular flexibility index (Phi) is 7.68. The molecule has 0 spiro atoms. The van der Waals surface area contributed by atoms with Crippen molar-refractivity contribution >= 4 is 17.0 Å². The SMILES string of the molecule is CN=C(NCCCc1nc2ccccc2[nH]1)NCC(C(C)C)N1CCOCC1. The van der Waals surface area contributed by atoms with Gasteiger partial charge in [-0.1, -0.05) is 26.0 Å². The van der Waals surface area contributed by atoms with E-state index in [2.05, 4.69) is 50.4 Å². The van der Waals surface area contributed by atoms with E-state index in [1.807, 2.05) is 25.2 Å². The summed E-state index contributed by atoms with van der Waals surface area (Å²) in [5.74, 6) is 2.48. The average molecular weight is 387 g/mol. The highest BCUT2D eigenvalue weighted by molar-refractivity contribution is 5.79. The van der Waals surface area contributed by atoms with Crippen LogP contribution in [0.2, 0.25) is 0 Å². The fourth-order valence-corrected chi connectivity index (χ4v) is 3.70. The molecule has 1 atom stereocenters. The number of nitrogens with zero attached hydrogens (tertiary/aromatic N) is 3. The number of ether oxygens (including phenoxy) is 1. The van der Waals surface area contributed by atoms with Gasteiger partial charge in [-0.05, 0) is 24.5 Å². The maximum Gasteiger partial charge on any atom is 0.191 e. The molecule has 1 aliphatic heterocycles. The molecule has 3 rings (SSSR count). The Labute approximate surface area is 168 Å². The van der Waals surface area contributed by atoms with Crippen LogP contribution in [-0.2, 0) is 11.2 Å². The third kappa shape index (κ3) is 5.69. The largest absolute Gasteiger partial charge is 0.379 e. The first-order chi connectivity index (χ1) is 13.7. The number of aromatic nitrogens is 2. The van der Waals surface area contributed by atoms with Crippen molar-refractivity contribution in [3.8, 4) is 0 Å². The molecule has 3 N–H and O–H groups in total. The number of imidazole rings is 1. The van der Waals surface area contributed by atoms with E-state index in [4.69, 9.17) is 4.74 Å². The second kappa shape index (κ2) is 10.4. The Morgan fingerprint density at radius 3 is 2.75 bits per heavy atom. The molecular weight excluding hydrogens is 352 g/mol. The van der Waals surface area contributed by atoms with Gasteiger partial charge in [-0.15, -0.1) is 0 Å². The van der Waals surface area contributed by atoms with E-state index in [0.29, 0.717) is 12.0 Å². The first-order valence-electron chi connectivity index (χ1n) is 10.4. The van der Waals surface area contributed by atoms with Crippen molar-refractivity contribution in [1.29, 1.82) is 0 Å². The Hall–Kier alpha value is -2.12. The number of aryl methyl sites for hydroxylation is 1. The first kappa shape index (κ1) is 20.6. The zero-order valence-corrected chi connectivity index (χ0v) is 17.4. The standard InChI is InChI=1S/C21H34N6O/c1-16(2)19(27-11-13-28-14-12-27)15-24-21(22-3)23-10-6-9-20-25-17-7-4-5-8-18(17)26-20/h4-5,7-8,16,19H,6,9-15H2,1-3H3,(H,25,26)(H2,22,23,24). The minimum atomic E-state index is 0.484. The van der Waals surface area contributed by atoms with E-state index in [0.717, 1.165) is 75.1 Å². The average Bonchev–Trinajstić information content (AvgIpc) is 3.13. The third-order valence-electron chi connectivity index (χ3n) is 5.31. The molecule has 2 aromatic rings. The summed E-state index contributed by atoms with van der Waals surface area (Å²) in [5.41, 5.74) is 2.14. The smallest absolute Gasteiger partial charge is 0.191 e. The second-order valence-electron chi connectivity index (χ2n) is 7.64. The second-order valence-corrected chi connectivity index (χ2v) is 7.64. The number of rotatable bonds is 8. The summed E-state index contributed by atoms with van der Waals surface area (Å²) in [7, 11) is 1.83. The van der Waals surface area contributed by atoms with Crippen molar-refractivity contribution in [2.45, 2.75) is 32.7 Å². The van der Waals surface area contributed by atoms with Crippen molar-refractivity contribution in [2.24, 2.45) is 10.9 Å². The van der Waals surface area contributed by atoms with Crippen LogP contribution in [0.1, 0.15) is 26.1 Å². The van der Waals surface area contributed by atoms with Crippen molar-refractivity contribution in [3.63, 3.8) is 0 Å². The summed E-state index contributed by atoms with van der Waals surface area (Å²) in [6.45, 7) is 10.00. The highest BCUT2D eigenvalue weighted by Gasteiger charge is 2.23. The van der Waals surface area contributed by atoms with E-state index < -0.39 is 0 Å². The summed E-state index contributed by atoms with van der Waals surface area (Å²) < 4.78 is 5.49. The van der Waals surface area contributed by atoms with Gasteiger partial charge in [0.2, 0.25) is 0 Å². The number of nitrogens with one attached hydrogen (secondary N) is 3. The molecule has 0 amide bonds. The van der Waals surface area contributed by atoms with Crippen LogP contribution in [-0.4, -0.2) is 73.3 Å². The zero-order valence-electron chi connectivity index (χ0n) is 17.4. The number of hydrogen-bond acceptors (Lipinski definition) is 4. The normalized spacial score (nSPS) is 17.2. The minimum Gasteiger partial charge on any atom is -0.379 e. The Balaban J connectivity index is 1.41. The highest BCUT2D eigenvalue weighted by atomic mass is 16.5. The molecule has 1 aromatic carbocycles. The molecule has 0 radical (unpaired) electrons. The van der Waals surface area contributed by atoms with Crippen molar-refractivity contribution < 1.29 is 4.74 Å². The topological polar surface area (TPSA) is 77.6 Å². The molecule has 0 bridgehead atoms. The number of para-hydroxylation sites is 2. The molecule has 0 aliphatic carbocycles. The number of aliphatic imine (C=N–C) groups is 1. The maximum atomic E-state index is 5.49. The highest BCUT2D eigenvalue weighted by Crippen LogP contribution is 2.12. The first-order valence-corrected chi connectivity index (χ1v) is 10.4. The van der Waals surface area contributed by atoms with Crippen molar-refractivity contribution in [2.75, 3.05) is 46.4 Å². The molecule has 28 heavy (non-hydrogen) atoms.